The number of benzene rings is 1. The Morgan fingerprint density at radius 2 is 1.71 bits per heavy atom. The third kappa shape index (κ3) is 9.11. The van der Waals surface area contributed by atoms with E-state index in [1.165, 1.54) is 30.7 Å². The molecule has 0 aromatic heterocycles. The van der Waals surface area contributed by atoms with Crippen LogP contribution in [0.2, 0.25) is 0 Å². The van der Waals surface area contributed by atoms with Crippen LogP contribution in [0.1, 0.15) is 64.7 Å². The normalized spacial score (nSPS) is 18.9. The molecule has 31 heavy (non-hydrogen) atoms. The first-order chi connectivity index (χ1) is 14.9. The molecule has 0 saturated heterocycles. The highest BCUT2D eigenvalue weighted by Crippen LogP contribution is 2.26. The molecule has 1 saturated carbocycles. The van der Waals surface area contributed by atoms with Crippen LogP contribution < -0.4 is 4.74 Å². The maximum absolute atomic E-state index is 13.7. The van der Waals surface area contributed by atoms with Gasteiger partial charge in [-0.15, -0.1) is 0 Å². The quantitative estimate of drug-likeness (QED) is 0.395. The van der Waals surface area contributed by atoms with Crippen molar-refractivity contribution in [2.24, 2.45) is 0 Å². The van der Waals surface area contributed by atoms with Gasteiger partial charge in [-0.1, -0.05) is 19.8 Å². The van der Waals surface area contributed by atoms with Gasteiger partial charge in [-0.05, 0) is 77.2 Å². The lowest BCUT2D eigenvalue weighted by atomic mass is 9.92. The summed E-state index contributed by atoms with van der Waals surface area (Å²) < 4.78 is 37.8. The highest BCUT2D eigenvalue weighted by atomic mass is 19.1. The fourth-order valence-corrected chi connectivity index (χ4v) is 3.95. The lowest BCUT2D eigenvalue weighted by molar-refractivity contribution is 0.0100. The summed E-state index contributed by atoms with van der Waals surface area (Å²) >= 11 is 0. The van der Waals surface area contributed by atoms with E-state index in [1.54, 1.807) is 7.05 Å². The van der Waals surface area contributed by atoms with Crippen molar-refractivity contribution in [1.82, 2.24) is 9.80 Å². The first-order valence-corrected chi connectivity index (χ1v) is 11.6. The molecule has 1 aliphatic rings. The van der Waals surface area contributed by atoms with Gasteiger partial charge in [0.25, 0.3) is 0 Å². The molecule has 0 heterocycles. The molecule has 1 fully saturated rings. The predicted molar refractivity (Wildman–Crippen MR) is 118 cm³/mol. The molecular weight excluding hydrogens is 402 g/mol. The standard InChI is InChI=1S/C24H38F2N2O3/c1-4-5-6-15-27(2)16-7-8-17-30-21-12-10-20(11-13-21)28(3)24(29)31-23-14-9-19(25)18-22(23)26/h9,14,18,20-21H,4-8,10-13,15-17H2,1-3H3. The van der Waals surface area contributed by atoms with Crippen molar-refractivity contribution in [2.75, 3.05) is 33.8 Å². The van der Waals surface area contributed by atoms with Gasteiger partial charge in [0.05, 0.1) is 6.10 Å². The van der Waals surface area contributed by atoms with Gasteiger partial charge in [-0.2, -0.15) is 0 Å². The van der Waals surface area contributed by atoms with Crippen LogP contribution in [-0.2, 0) is 4.74 Å². The summed E-state index contributed by atoms with van der Waals surface area (Å²) in [7, 11) is 3.84. The molecule has 1 aromatic carbocycles. The monoisotopic (exact) mass is 440 g/mol. The third-order valence-corrected chi connectivity index (χ3v) is 6.00. The Bertz CT molecular complexity index is 666. The van der Waals surface area contributed by atoms with E-state index in [9.17, 15) is 13.6 Å². The summed E-state index contributed by atoms with van der Waals surface area (Å²) in [6.45, 7) is 5.29. The molecule has 0 unspecified atom stereocenters. The van der Waals surface area contributed by atoms with Crippen molar-refractivity contribution in [3.63, 3.8) is 0 Å². The highest BCUT2D eigenvalue weighted by molar-refractivity contribution is 5.70. The van der Waals surface area contributed by atoms with E-state index in [1.807, 2.05) is 0 Å². The lowest BCUT2D eigenvalue weighted by Gasteiger charge is -2.34. The third-order valence-electron chi connectivity index (χ3n) is 6.00. The van der Waals surface area contributed by atoms with Gasteiger partial charge in [0.1, 0.15) is 5.82 Å². The van der Waals surface area contributed by atoms with Crippen LogP contribution in [0.4, 0.5) is 13.6 Å². The van der Waals surface area contributed by atoms with Crippen LogP contribution in [-0.4, -0.2) is 61.8 Å². The Kier molecular flexibility index (Phi) is 11.2. The smallest absolute Gasteiger partial charge is 0.407 e. The number of halogens is 2. The second-order valence-corrected chi connectivity index (χ2v) is 8.57. The van der Waals surface area contributed by atoms with E-state index >= 15 is 0 Å². The molecule has 0 atom stereocenters. The van der Waals surface area contributed by atoms with E-state index in [4.69, 9.17) is 9.47 Å². The molecule has 0 aliphatic heterocycles. The van der Waals surface area contributed by atoms with E-state index in [2.05, 4.69) is 18.9 Å². The van der Waals surface area contributed by atoms with Crippen molar-refractivity contribution in [3.05, 3.63) is 29.8 Å². The van der Waals surface area contributed by atoms with Gasteiger partial charge < -0.3 is 19.3 Å². The van der Waals surface area contributed by atoms with Gasteiger partial charge in [-0.25, -0.2) is 13.6 Å². The van der Waals surface area contributed by atoms with Gasteiger partial charge >= 0.3 is 6.09 Å². The Balaban J connectivity index is 1.60. The number of hydrogen-bond acceptors (Lipinski definition) is 4. The number of ether oxygens (including phenoxy) is 2. The molecule has 0 N–H and O–H groups in total. The summed E-state index contributed by atoms with van der Waals surface area (Å²) in [5.41, 5.74) is 0. The van der Waals surface area contributed by atoms with Crippen LogP contribution in [0.3, 0.4) is 0 Å². The maximum Gasteiger partial charge on any atom is 0.415 e. The number of carbonyl (C=O) groups is 1. The predicted octanol–water partition coefficient (Wildman–Crippen LogP) is 5.63. The van der Waals surface area contributed by atoms with E-state index < -0.39 is 17.7 Å². The van der Waals surface area contributed by atoms with Crippen molar-refractivity contribution in [2.45, 2.75) is 76.9 Å². The zero-order chi connectivity index (χ0) is 22.6. The Hall–Kier alpha value is -1.73. The van der Waals surface area contributed by atoms with Gasteiger partial charge in [0.15, 0.2) is 11.6 Å². The second kappa shape index (κ2) is 13.6. The molecule has 0 spiro atoms. The fourth-order valence-electron chi connectivity index (χ4n) is 3.95. The minimum Gasteiger partial charge on any atom is -0.407 e. The number of unbranched alkanes of at least 4 members (excludes halogenated alkanes) is 3. The van der Waals surface area contributed by atoms with Crippen molar-refractivity contribution in [1.29, 1.82) is 0 Å². The SMILES string of the molecule is CCCCCN(C)CCCCOC1CCC(N(C)C(=O)Oc2ccc(F)cc2F)CC1. The number of carbonyl (C=O) groups excluding carboxylic acids is 1. The number of nitrogens with zero attached hydrogens (tertiary/aromatic N) is 2. The average Bonchev–Trinajstić information content (AvgIpc) is 2.75. The fraction of sp³-hybridized carbons (Fsp3) is 0.708. The van der Waals surface area contributed by atoms with Gasteiger partial charge in [0, 0.05) is 25.8 Å². The lowest BCUT2D eigenvalue weighted by Crippen LogP contribution is -2.42. The van der Waals surface area contributed by atoms with Crippen molar-refractivity contribution in [3.8, 4) is 5.75 Å². The van der Waals surface area contributed by atoms with Crippen molar-refractivity contribution < 1.29 is 23.0 Å². The van der Waals surface area contributed by atoms with Crippen molar-refractivity contribution >= 4 is 6.09 Å². The molecule has 7 heteroatoms. The number of amides is 1. The van der Waals surface area contributed by atoms with Crippen LogP contribution in [0, 0.1) is 11.6 Å². The van der Waals surface area contributed by atoms with E-state index in [0.29, 0.717) is 6.07 Å². The zero-order valence-corrected chi connectivity index (χ0v) is 19.2. The Morgan fingerprint density at radius 1 is 1.03 bits per heavy atom. The van der Waals surface area contributed by atoms with Crippen LogP contribution >= 0.6 is 0 Å². The zero-order valence-electron chi connectivity index (χ0n) is 19.2. The average molecular weight is 441 g/mol. The number of rotatable bonds is 12. The topological polar surface area (TPSA) is 42.0 Å². The molecule has 5 nitrogen and oxygen atoms in total. The molecule has 2 rings (SSSR count). The molecule has 0 bridgehead atoms. The van der Waals surface area contributed by atoms with Crippen LogP contribution in [0.15, 0.2) is 18.2 Å². The van der Waals surface area contributed by atoms with Crippen LogP contribution in [0.5, 0.6) is 5.75 Å². The number of hydrogen-bond donors (Lipinski definition) is 0. The van der Waals surface area contributed by atoms with E-state index in [0.717, 1.165) is 63.8 Å². The first kappa shape index (κ1) is 25.5. The summed E-state index contributed by atoms with van der Waals surface area (Å²) in [6.07, 6.45) is 9.07. The molecule has 1 amide bonds. The summed E-state index contributed by atoms with van der Waals surface area (Å²) in [6, 6.07) is 2.94. The molecule has 0 radical (unpaired) electrons. The molecule has 1 aromatic rings. The minimum atomic E-state index is -0.883. The summed E-state index contributed by atoms with van der Waals surface area (Å²) in [5.74, 6) is -1.85. The minimum absolute atomic E-state index is 0.0348. The Labute approximate surface area is 185 Å². The second-order valence-electron chi connectivity index (χ2n) is 8.57. The highest BCUT2D eigenvalue weighted by Gasteiger charge is 2.28. The van der Waals surface area contributed by atoms with Gasteiger partial charge in [-0.3, -0.25) is 0 Å². The Morgan fingerprint density at radius 3 is 2.35 bits per heavy atom. The van der Waals surface area contributed by atoms with Gasteiger partial charge in [0.2, 0.25) is 0 Å². The van der Waals surface area contributed by atoms with Crippen LogP contribution in [0.25, 0.3) is 0 Å². The summed E-state index contributed by atoms with van der Waals surface area (Å²) in [4.78, 5) is 16.2. The summed E-state index contributed by atoms with van der Waals surface area (Å²) in [5, 5.41) is 0. The largest absolute Gasteiger partial charge is 0.415 e. The molecular formula is C24H38F2N2O3. The molecule has 176 valence electrons. The molecule has 1 aliphatic carbocycles. The maximum atomic E-state index is 13.7. The van der Waals surface area contributed by atoms with E-state index in [-0.39, 0.29) is 17.9 Å². The first-order valence-electron chi connectivity index (χ1n) is 11.6.